The van der Waals surface area contributed by atoms with E-state index in [0.717, 1.165) is 16.1 Å². The first-order valence-electron chi connectivity index (χ1n) is 6.00. The fourth-order valence-electron chi connectivity index (χ4n) is 1.89. The molecule has 0 amide bonds. The Kier molecular flexibility index (Phi) is 5.12. The highest BCUT2D eigenvalue weighted by Gasteiger charge is 2.11. The van der Waals surface area contributed by atoms with E-state index in [4.69, 9.17) is 34.8 Å². The summed E-state index contributed by atoms with van der Waals surface area (Å²) >= 11 is 18.5. The molecular formula is C15H14Cl3N. The van der Waals surface area contributed by atoms with Crippen molar-refractivity contribution in [3.8, 4) is 0 Å². The number of rotatable bonds is 4. The van der Waals surface area contributed by atoms with Gasteiger partial charge in [-0.15, -0.1) is 0 Å². The third-order valence-electron chi connectivity index (χ3n) is 3.02. The molecule has 2 aromatic rings. The predicted octanol–water partition coefficient (Wildman–Crippen LogP) is 5.50. The zero-order valence-electron chi connectivity index (χ0n) is 10.5. The van der Waals surface area contributed by atoms with E-state index in [2.05, 4.69) is 12.2 Å². The molecule has 100 valence electrons. The van der Waals surface area contributed by atoms with Gasteiger partial charge in [0, 0.05) is 33.2 Å². The molecule has 1 unspecified atom stereocenters. The molecule has 0 spiro atoms. The second-order valence-electron chi connectivity index (χ2n) is 4.32. The van der Waals surface area contributed by atoms with E-state index in [1.807, 2.05) is 42.5 Å². The second kappa shape index (κ2) is 6.62. The lowest BCUT2D eigenvalue weighted by Gasteiger charge is -2.16. The third-order valence-corrected chi connectivity index (χ3v) is 4.07. The summed E-state index contributed by atoms with van der Waals surface area (Å²) in [5.41, 5.74) is 1.97. The Morgan fingerprint density at radius 1 is 0.895 bits per heavy atom. The van der Waals surface area contributed by atoms with Gasteiger partial charge >= 0.3 is 0 Å². The normalized spacial score (nSPS) is 12.4. The van der Waals surface area contributed by atoms with E-state index in [0.29, 0.717) is 16.6 Å². The Hall–Kier alpha value is -0.730. The van der Waals surface area contributed by atoms with Crippen molar-refractivity contribution in [3.63, 3.8) is 0 Å². The SMILES string of the molecule is CC(NCc1c(Cl)cccc1Cl)c1ccccc1Cl. The van der Waals surface area contributed by atoms with E-state index in [-0.39, 0.29) is 6.04 Å². The topological polar surface area (TPSA) is 12.0 Å². The summed E-state index contributed by atoms with van der Waals surface area (Å²) < 4.78 is 0. The van der Waals surface area contributed by atoms with Crippen molar-refractivity contribution in [2.24, 2.45) is 0 Å². The summed E-state index contributed by atoms with van der Waals surface area (Å²) in [7, 11) is 0. The van der Waals surface area contributed by atoms with Crippen molar-refractivity contribution in [3.05, 3.63) is 68.7 Å². The van der Waals surface area contributed by atoms with Crippen LogP contribution in [0.25, 0.3) is 0 Å². The summed E-state index contributed by atoms with van der Waals surface area (Å²) in [6, 6.07) is 13.4. The van der Waals surface area contributed by atoms with Gasteiger partial charge in [-0.2, -0.15) is 0 Å². The van der Waals surface area contributed by atoms with Gasteiger partial charge in [0.25, 0.3) is 0 Å². The average molecular weight is 315 g/mol. The molecule has 0 aliphatic carbocycles. The van der Waals surface area contributed by atoms with Crippen LogP contribution in [0, 0.1) is 0 Å². The maximum absolute atomic E-state index is 6.17. The van der Waals surface area contributed by atoms with Gasteiger partial charge in [-0.25, -0.2) is 0 Å². The first-order chi connectivity index (χ1) is 9.09. The smallest absolute Gasteiger partial charge is 0.0465 e. The van der Waals surface area contributed by atoms with Gasteiger partial charge in [-0.05, 0) is 30.7 Å². The van der Waals surface area contributed by atoms with Gasteiger partial charge in [-0.1, -0.05) is 59.1 Å². The molecule has 0 radical (unpaired) electrons. The van der Waals surface area contributed by atoms with E-state index in [1.54, 1.807) is 0 Å². The van der Waals surface area contributed by atoms with Gasteiger partial charge in [0.15, 0.2) is 0 Å². The number of hydrogen-bond acceptors (Lipinski definition) is 1. The highest BCUT2D eigenvalue weighted by atomic mass is 35.5. The maximum atomic E-state index is 6.17. The molecule has 0 saturated heterocycles. The van der Waals surface area contributed by atoms with Crippen molar-refractivity contribution in [1.29, 1.82) is 0 Å². The zero-order valence-corrected chi connectivity index (χ0v) is 12.7. The summed E-state index contributed by atoms with van der Waals surface area (Å²) in [5, 5.41) is 5.49. The molecule has 19 heavy (non-hydrogen) atoms. The van der Waals surface area contributed by atoms with E-state index < -0.39 is 0 Å². The molecule has 0 heterocycles. The van der Waals surface area contributed by atoms with Crippen LogP contribution < -0.4 is 5.32 Å². The van der Waals surface area contributed by atoms with Crippen molar-refractivity contribution in [2.45, 2.75) is 19.5 Å². The van der Waals surface area contributed by atoms with Crippen LogP contribution in [-0.4, -0.2) is 0 Å². The first-order valence-corrected chi connectivity index (χ1v) is 7.13. The zero-order chi connectivity index (χ0) is 13.8. The van der Waals surface area contributed by atoms with Crippen LogP contribution in [0.4, 0.5) is 0 Å². The summed E-state index contributed by atoms with van der Waals surface area (Å²) in [5.74, 6) is 0. The van der Waals surface area contributed by atoms with Crippen LogP contribution in [0.3, 0.4) is 0 Å². The molecule has 0 bridgehead atoms. The lowest BCUT2D eigenvalue weighted by molar-refractivity contribution is 0.575. The average Bonchev–Trinajstić information content (AvgIpc) is 2.38. The minimum Gasteiger partial charge on any atom is -0.306 e. The molecular weight excluding hydrogens is 301 g/mol. The number of hydrogen-bond donors (Lipinski definition) is 1. The number of benzene rings is 2. The second-order valence-corrected chi connectivity index (χ2v) is 5.55. The van der Waals surface area contributed by atoms with Gasteiger partial charge in [-0.3, -0.25) is 0 Å². The maximum Gasteiger partial charge on any atom is 0.0465 e. The molecule has 1 nitrogen and oxygen atoms in total. The van der Waals surface area contributed by atoms with Crippen LogP contribution in [0.15, 0.2) is 42.5 Å². The van der Waals surface area contributed by atoms with E-state index in [1.165, 1.54) is 0 Å². The van der Waals surface area contributed by atoms with Gasteiger partial charge in [0.2, 0.25) is 0 Å². The van der Waals surface area contributed by atoms with Gasteiger partial charge < -0.3 is 5.32 Å². The van der Waals surface area contributed by atoms with E-state index in [9.17, 15) is 0 Å². The molecule has 0 aliphatic rings. The monoisotopic (exact) mass is 313 g/mol. The third kappa shape index (κ3) is 3.64. The Balaban J connectivity index is 2.09. The molecule has 0 aromatic heterocycles. The molecule has 2 aromatic carbocycles. The van der Waals surface area contributed by atoms with E-state index >= 15 is 0 Å². The summed E-state index contributed by atoms with van der Waals surface area (Å²) in [6.07, 6.45) is 0. The highest BCUT2D eigenvalue weighted by Crippen LogP contribution is 2.26. The molecule has 0 fully saturated rings. The van der Waals surface area contributed by atoms with Crippen LogP contribution in [0.2, 0.25) is 15.1 Å². The Morgan fingerprint density at radius 3 is 2.11 bits per heavy atom. The van der Waals surface area contributed by atoms with Crippen LogP contribution in [-0.2, 0) is 6.54 Å². The Bertz CT molecular complexity index is 549. The standard InChI is InChI=1S/C15H14Cl3N/c1-10(11-5-2-3-6-13(11)16)19-9-12-14(17)7-4-8-15(12)18/h2-8,10,19H,9H2,1H3. The first kappa shape index (κ1) is 14.7. The summed E-state index contributed by atoms with van der Waals surface area (Å²) in [4.78, 5) is 0. The molecule has 1 N–H and O–H groups in total. The number of halogens is 3. The highest BCUT2D eigenvalue weighted by molar-refractivity contribution is 6.36. The lowest BCUT2D eigenvalue weighted by Crippen LogP contribution is -2.18. The Labute approximate surface area is 128 Å². The fraction of sp³-hybridized carbons (Fsp3) is 0.200. The van der Waals surface area contributed by atoms with Crippen molar-refractivity contribution in [1.82, 2.24) is 5.32 Å². The minimum absolute atomic E-state index is 0.126. The fourth-order valence-corrected chi connectivity index (χ4v) is 2.72. The van der Waals surface area contributed by atoms with Crippen molar-refractivity contribution >= 4 is 34.8 Å². The van der Waals surface area contributed by atoms with Crippen molar-refractivity contribution in [2.75, 3.05) is 0 Å². The Morgan fingerprint density at radius 2 is 1.47 bits per heavy atom. The van der Waals surface area contributed by atoms with Crippen LogP contribution in [0.5, 0.6) is 0 Å². The predicted molar refractivity (Wildman–Crippen MR) is 83.2 cm³/mol. The number of nitrogens with one attached hydrogen (secondary N) is 1. The molecule has 0 aliphatic heterocycles. The minimum atomic E-state index is 0.126. The molecule has 4 heteroatoms. The summed E-state index contributed by atoms with van der Waals surface area (Å²) in [6.45, 7) is 2.66. The van der Waals surface area contributed by atoms with Gasteiger partial charge in [0.1, 0.15) is 0 Å². The van der Waals surface area contributed by atoms with Crippen molar-refractivity contribution < 1.29 is 0 Å². The van der Waals surface area contributed by atoms with Crippen LogP contribution in [0.1, 0.15) is 24.1 Å². The molecule has 0 saturated carbocycles. The van der Waals surface area contributed by atoms with Gasteiger partial charge in [0.05, 0.1) is 0 Å². The molecule has 2 rings (SSSR count). The quantitative estimate of drug-likeness (QED) is 0.786. The molecule has 1 atom stereocenters. The van der Waals surface area contributed by atoms with Crippen LogP contribution >= 0.6 is 34.8 Å². The lowest BCUT2D eigenvalue weighted by atomic mass is 10.1. The largest absolute Gasteiger partial charge is 0.306 e.